The van der Waals surface area contributed by atoms with Gasteiger partial charge in [-0.2, -0.15) is 0 Å². The Labute approximate surface area is 149 Å². The number of H-pyrrole nitrogens is 1. The summed E-state index contributed by atoms with van der Waals surface area (Å²) in [7, 11) is 1.27. The van der Waals surface area contributed by atoms with Crippen LogP contribution in [0.25, 0.3) is 0 Å². The number of methoxy groups -OCH3 is 1. The van der Waals surface area contributed by atoms with Gasteiger partial charge < -0.3 is 14.5 Å². The Hall–Kier alpha value is -2.54. The van der Waals surface area contributed by atoms with Crippen LogP contribution in [-0.2, 0) is 9.47 Å². The fraction of sp³-hybridized carbons (Fsp3) is 0.278. The van der Waals surface area contributed by atoms with Gasteiger partial charge in [0.1, 0.15) is 5.69 Å². The summed E-state index contributed by atoms with van der Waals surface area (Å²) in [5, 5.41) is 0. The molecule has 6 nitrogen and oxygen atoms in total. The summed E-state index contributed by atoms with van der Waals surface area (Å²) in [5.74, 6) is -1.52. The average Bonchev–Trinajstić information content (AvgIpc) is 2.93. The van der Waals surface area contributed by atoms with Gasteiger partial charge in [0.2, 0.25) is 0 Å². The first-order valence-corrected chi connectivity index (χ1v) is 8.73. The van der Waals surface area contributed by atoms with E-state index in [4.69, 9.17) is 9.47 Å². The number of hydrogen-bond donors (Lipinski definition) is 1. The maximum Gasteiger partial charge on any atom is 0.355 e. The molecule has 0 radical (unpaired) electrons. The predicted octanol–water partition coefficient (Wildman–Crippen LogP) is 3.18. The molecule has 1 aromatic carbocycles. The largest absolute Gasteiger partial charge is 0.465 e. The Bertz CT molecular complexity index is 808. The molecule has 1 heterocycles. The van der Waals surface area contributed by atoms with Crippen LogP contribution in [0.15, 0.2) is 29.2 Å². The number of esters is 2. The number of benzene rings is 1. The van der Waals surface area contributed by atoms with E-state index >= 15 is 0 Å². The lowest BCUT2D eigenvalue weighted by Crippen LogP contribution is -2.15. The van der Waals surface area contributed by atoms with Gasteiger partial charge >= 0.3 is 11.9 Å². The van der Waals surface area contributed by atoms with Gasteiger partial charge in [0.25, 0.3) is 0 Å². The molecule has 0 aliphatic heterocycles. The van der Waals surface area contributed by atoms with Crippen molar-refractivity contribution in [3.63, 3.8) is 0 Å². The first-order valence-electron chi connectivity index (χ1n) is 7.50. The second-order valence-corrected chi connectivity index (χ2v) is 6.22. The molecule has 0 bridgehead atoms. The molecule has 7 heteroatoms. The Kier molecular flexibility index (Phi) is 6.03. The van der Waals surface area contributed by atoms with E-state index in [1.165, 1.54) is 7.11 Å². The molecule has 0 unspecified atom stereocenters. The first-order chi connectivity index (χ1) is 11.9. The SMILES string of the molecule is COC(=O)c1c(C)[nH]c(C(=O)OCC(=O)c2ccc(SC)cc2)c1C. The predicted molar refractivity (Wildman–Crippen MR) is 94.4 cm³/mol. The normalized spacial score (nSPS) is 10.4. The molecule has 0 fully saturated rings. The van der Waals surface area contributed by atoms with Gasteiger partial charge in [0.15, 0.2) is 12.4 Å². The summed E-state index contributed by atoms with van der Waals surface area (Å²) in [4.78, 5) is 39.9. The summed E-state index contributed by atoms with van der Waals surface area (Å²) in [5.41, 5.74) is 1.86. The Morgan fingerprint density at radius 3 is 2.28 bits per heavy atom. The standard InChI is InChI=1S/C18H19NO5S/c1-10-15(17(21)23-3)11(2)19-16(10)18(22)24-9-14(20)12-5-7-13(25-4)8-6-12/h5-8,19H,9H2,1-4H3. The molecule has 25 heavy (non-hydrogen) atoms. The molecule has 1 aromatic heterocycles. The fourth-order valence-electron chi connectivity index (χ4n) is 2.43. The summed E-state index contributed by atoms with van der Waals surface area (Å²) in [6, 6.07) is 7.06. The number of ether oxygens (including phenoxy) is 2. The van der Waals surface area contributed by atoms with Crippen LogP contribution in [-0.4, -0.2) is 42.7 Å². The quantitative estimate of drug-likeness (QED) is 0.483. The number of aromatic nitrogens is 1. The van der Waals surface area contributed by atoms with Crippen LogP contribution >= 0.6 is 11.8 Å². The Morgan fingerprint density at radius 2 is 1.72 bits per heavy atom. The molecule has 0 aliphatic carbocycles. The zero-order valence-electron chi connectivity index (χ0n) is 14.5. The van der Waals surface area contributed by atoms with Crippen molar-refractivity contribution >= 4 is 29.5 Å². The van der Waals surface area contributed by atoms with Crippen LogP contribution in [0.4, 0.5) is 0 Å². The van der Waals surface area contributed by atoms with E-state index in [9.17, 15) is 14.4 Å². The van der Waals surface area contributed by atoms with Gasteiger partial charge in [-0.3, -0.25) is 4.79 Å². The zero-order valence-corrected chi connectivity index (χ0v) is 15.3. The smallest absolute Gasteiger partial charge is 0.355 e. The maximum absolute atomic E-state index is 12.2. The molecule has 0 atom stereocenters. The number of ketones is 1. The molecule has 0 saturated heterocycles. The molecule has 0 amide bonds. The molecule has 1 N–H and O–H groups in total. The van der Waals surface area contributed by atoms with Crippen molar-refractivity contribution in [3.8, 4) is 0 Å². The monoisotopic (exact) mass is 361 g/mol. The van der Waals surface area contributed by atoms with Crippen molar-refractivity contribution in [2.45, 2.75) is 18.7 Å². The third-order valence-corrected chi connectivity index (χ3v) is 4.52. The number of aryl methyl sites for hydroxylation is 1. The Morgan fingerprint density at radius 1 is 1.08 bits per heavy atom. The van der Waals surface area contributed by atoms with E-state index in [0.717, 1.165) is 4.90 Å². The van der Waals surface area contributed by atoms with Crippen LogP contribution in [0.5, 0.6) is 0 Å². The number of rotatable bonds is 6. The molecule has 2 aromatic rings. The van der Waals surface area contributed by atoms with E-state index in [-0.39, 0.29) is 18.1 Å². The first kappa shape index (κ1) is 18.8. The van der Waals surface area contributed by atoms with Crippen molar-refractivity contribution in [1.29, 1.82) is 0 Å². The van der Waals surface area contributed by atoms with Crippen LogP contribution in [0, 0.1) is 13.8 Å². The lowest BCUT2D eigenvalue weighted by atomic mass is 10.1. The topological polar surface area (TPSA) is 85.5 Å². The second kappa shape index (κ2) is 8.02. The van der Waals surface area contributed by atoms with Gasteiger partial charge in [-0.1, -0.05) is 12.1 Å². The minimum Gasteiger partial charge on any atom is -0.465 e. The van der Waals surface area contributed by atoms with E-state index in [0.29, 0.717) is 22.4 Å². The Balaban J connectivity index is 2.07. The number of thioether (sulfide) groups is 1. The van der Waals surface area contributed by atoms with E-state index < -0.39 is 11.9 Å². The zero-order chi connectivity index (χ0) is 18.6. The number of carbonyl (C=O) groups excluding carboxylic acids is 3. The van der Waals surface area contributed by atoms with Gasteiger partial charge in [-0.05, 0) is 37.8 Å². The molecule has 132 valence electrons. The summed E-state index contributed by atoms with van der Waals surface area (Å²) in [6.45, 7) is 2.91. The van der Waals surface area contributed by atoms with Gasteiger partial charge in [0, 0.05) is 16.2 Å². The number of hydrogen-bond acceptors (Lipinski definition) is 6. The minimum absolute atomic E-state index is 0.142. The highest BCUT2D eigenvalue weighted by molar-refractivity contribution is 7.98. The number of carbonyl (C=O) groups is 3. The maximum atomic E-state index is 12.2. The summed E-state index contributed by atoms with van der Waals surface area (Å²) < 4.78 is 9.79. The van der Waals surface area contributed by atoms with Crippen LogP contribution in [0.3, 0.4) is 0 Å². The highest BCUT2D eigenvalue weighted by atomic mass is 32.2. The molecule has 2 rings (SSSR count). The van der Waals surface area contributed by atoms with Crippen LogP contribution in [0.1, 0.15) is 42.5 Å². The minimum atomic E-state index is -0.690. The molecule has 0 saturated carbocycles. The van der Waals surface area contributed by atoms with Crippen LogP contribution < -0.4 is 0 Å². The van der Waals surface area contributed by atoms with Gasteiger partial charge in [0.05, 0.1) is 12.7 Å². The number of nitrogens with one attached hydrogen (secondary N) is 1. The summed E-state index contributed by atoms with van der Waals surface area (Å²) in [6.07, 6.45) is 1.95. The highest BCUT2D eigenvalue weighted by Crippen LogP contribution is 2.20. The third kappa shape index (κ3) is 4.11. The van der Waals surface area contributed by atoms with Gasteiger partial charge in [-0.25, -0.2) is 9.59 Å². The lowest BCUT2D eigenvalue weighted by Gasteiger charge is -2.05. The fourth-order valence-corrected chi connectivity index (χ4v) is 2.83. The number of Topliss-reactive ketones (excluding diaryl/α,β-unsaturated/α-hetero) is 1. The molecule has 0 aliphatic rings. The van der Waals surface area contributed by atoms with Crippen molar-refractivity contribution in [2.24, 2.45) is 0 Å². The van der Waals surface area contributed by atoms with E-state index in [1.54, 1.807) is 37.7 Å². The van der Waals surface area contributed by atoms with Crippen molar-refractivity contribution in [3.05, 3.63) is 52.3 Å². The highest BCUT2D eigenvalue weighted by Gasteiger charge is 2.23. The van der Waals surface area contributed by atoms with Gasteiger partial charge in [-0.15, -0.1) is 11.8 Å². The van der Waals surface area contributed by atoms with Crippen molar-refractivity contribution in [2.75, 3.05) is 20.0 Å². The number of aromatic amines is 1. The van der Waals surface area contributed by atoms with E-state index in [2.05, 4.69) is 4.98 Å². The molecule has 0 spiro atoms. The van der Waals surface area contributed by atoms with E-state index in [1.807, 2.05) is 18.4 Å². The second-order valence-electron chi connectivity index (χ2n) is 5.34. The molecular weight excluding hydrogens is 342 g/mol. The summed E-state index contributed by atoms with van der Waals surface area (Å²) >= 11 is 1.58. The average molecular weight is 361 g/mol. The third-order valence-electron chi connectivity index (χ3n) is 3.78. The van der Waals surface area contributed by atoms with Crippen molar-refractivity contribution < 1.29 is 23.9 Å². The molecular formula is C18H19NO5S. The van der Waals surface area contributed by atoms with Crippen LogP contribution in [0.2, 0.25) is 0 Å². The lowest BCUT2D eigenvalue weighted by molar-refractivity contribution is 0.0468. The van der Waals surface area contributed by atoms with Crippen molar-refractivity contribution in [1.82, 2.24) is 4.98 Å².